The molecule has 1 saturated carbocycles. The lowest BCUT2D eigenvalue weighted by atomic mass is 10.0. The molecule has 3 nitrogen and oxygen atoms in total. The predicted octanol–water partition coefficient (Wildman–Crippen LogP) is 2.41. The molecule has 1 aromatic carbocycles. The van der Waals surface area contributed by atoms with Crippen LogP contribution in [0.1, 0.15) is 61.7 Å². The van der Waals surface area contributed by atoms with Crippen molar-refractivity contribution >= 4 is 0 Å². The topological polar surface area (TPSA) is 58.3 Å². The van der Waals surface area contributed by atoms with Gasteiger partial charge in [-0.05, 0) is 30.4 Å². The van der Waals surface area contributed by atoms with Crippen molar-refractivity contribution in [2.75, 3.05) is 0 Å². The molecule has 3 heteroatoms. The van der Waals surface area contributed by atoms with Gasteiger partial charge in [0.1, 0.15) is 0 Å². The molecule has 1 fully saturated rings. The van der Waals surface area contributed by atoms with E-state index in [0.29, 0.717) is 6.04 Å². The fraction of sp³-hybridized carbons (Fsp3) is 0.625. The third-order valence-electron chi connectivity index (χ3n) is 4.66. The maximum atomic E-state index is 10.2. The summed E-state index contributed by atoms with van der Waals surface area (Å²) >= 11 is 0. The highest BCUT2D eigenvalue weighted by Crippen LogP contribution is 2.37. The number of rotatable bonds is 2. The molecule has 2 aliphatic carbocycles. The summed E-state index contributed by atoms with van der Waals surface area (Å²) in [6.07, 6.45) is 6.37. The van der Waals surface area contributed by atoms with Crippen LogP contribution in [0.25, 0.3) is 0 Å². The first kappa shape index (κ1) is 13.1. The standard InChI is InChI=1S/C16H24N2O/c17-13-10-15(12-7-5-4-6-11(12)13)18-14-8-2-1-3-9-16(14)19/h4-7,13-16,18-19H,1-3,8-10,17H2. The van der Waals surface area contributed by atoms with Gasteiger partial charge < -0.3 is 16.2 Å². The zero-order chi connectivity index (χ0) is 13.2. The molecule has 0 spiro atoms. The van der Waals surface area contributed by atoms with Crippen LogP contribution in [-0.2, 0) is 0 Å². The fourth-order valence-electron chi connectivity index (χ4n) is 3.57. The number of fused-ring (bicyclic) bond motifs is 1. The van der Waals surface area contributed by atoms with Gasteiger partial charge >= 0.3 is 0 Å². The smallest absolute Gasteiger partial charge is 0.0693 e. The van der Waals surface area contributed by atoms with Crippen LogP contribution >= 0.6 is 0 Å². The summed E-state index contributed by atoms with van der Waals surface area (Å²) in [6, 6.07) is 9.11. The van der Waals surface area contributed by atoms with E-state index in [1.54, 1.807) is 0 Å². The quantitative estimate of drug-likeness (QED) is 0.716. The van der Waals surface area contributed by atoms with Crippen molar-refractivity contribution in [2.45, 2.75) is 62.8 Å². The normalized spacial score (nSPS) is 34.8. The summed E-state index contributed by atoms with van der Waals surface area (Å²) in [4.78, 5) is 0. The lowest BCUT2D eigenvalue weighted by Gasteiger charge is -2.26. The maximum Gasteiger partial charge on any atom is 0.0693 e. The number of nitrogens with two attached hydrogens (primary N) is 1. The first-order valence-electron chi connectivity index (χ1n) is 7.54. The van der Waals surface area contributed by atoms with Gasteiger partial charge in [0.05, 0.1) is 6.10 Å². The van der Waals surface area contributed by atoms with Gasteiger partial charge in [0.2, 0.25) is 0 Å². The summed E-state index contributed by atoms with van der Waals surface area (Å²) in [5.41, 5.74) is 8.80. The number of hydrogen-bond acceptors (Lipinski definition) is 3. The second-order valence-corrected chi connectivity index (χ2v) is 6.00. The summed E-state index contributed by atoms with van der Waals surface area (Å²) in [5, 5.41) is 13.9. The molecule has 4 atom stereocenters. The molecule has 0 amide bonds. The van der Waals surface area contributed by atoms with Crippen LogP contribution in [-0.4, -0.2) is 17.3 Å². The Balaban J connectivity index is 1.74. The van der Waals surface area contributed by atoms with Crippen LogP contribution in [0.5, 0.6) is 0 Å². The van der Waals surface area contributed by atoms with E-state index in [1.165, 1.54) is 24.0 Å². The van der Waals surface area contributed by atoms with Gasteiger partial charge in [-0.3, -0.25) is 0 Å². The van der Waals surface area contributed by atoms with E-state index in [4.69, 9.17) is 5.73 Å². The van der Waals surface area contributed by atoms with Gasteiger partial charge in [0.25, 0.3) is 0 Å². The van der Waals surface area contributed by atoms with Gasteiger partial charge in [-0.2, -0.15) is 0 Å². The molecule has 3 rings (SSSR count). The van der Waals surface area contributed by atoms with Gasteiger partial charge in [-0.1, -0.05) is 43.5 Å². The number of aliphatic hydroxyl groups is 1. The minimum absolute atomic E-state index is 0.136. The molecule has 2 aliphatic rings. The Morgan fingerprint density at radius 2 is 1.79 bits per heavy atom. The highest BCUT2D eigenvalue weighted by Gasteiger charge is 2.31. The Hall–Kier alpha value is -0.900. The number of hydrogen-bond donors (Lipinski definition) is 3. The third kappa shape index (κ3) is 2.69. The van der Waals surface area contributed by atoms with Crippen molar-refractivity contribution in [3.63, 3.8) is 0 Å². The Morgan fingerprint density at radius 3 is 2.63 bits per heavy atom. The molecular formula is C16H24N2O. The Kier molecular flexibility index (Phi) is 3.87. The van der Waals surface area contributed by atoms with Crippen molar-refractivity contribution in [1.82, 2.24) is 5.32 Å². The monoisotopic (exact) mass is 260 g/mol. The first-order chi connectivity index (χ1) is 9.25. The van der Waals surface area contributed by atoms with Crippen molar-refractivity contribution < 1.29 is 5.11 Å². The van der Waals surface area contributed by atoms with E-state index in [2.05, 4.69) is 29.6 Å². The van der Waals surface area contributed by atoms with E-state index < -0.39 is 0 Å². The summed E-state index contributed by atoms with van der Waals surface area (Å²) < 4.78 is 0. The second-order valence-electron chi connectivity index (χ2n) is 6.00. The third-order valence-corrected chi connectivity index (χ3v) is 4.66. The number of aliphatic hydroxyl groups excluding tert-OH is 1. The maximum absolute atomic E-state index is 10.2. The second kappa shape index (κ2) is 5.61. The van der Waals surface area contributed by atoms with E-state index in [0.717, 1.165) is 25.7 Å². The van der Waals surface area contributed by atoms with Crippen LogP contribution in [0.3, 0.4) is 0 Å². The van der Waals surface area contributed by atoms with Crippen LogP contribution < -0.4 is 11.1 Å². The van der Waals surface area contributed by atoms with Crippen molar-refractivity contribution in [2.24, 2.45) is 5.73 Å². The summed E-state index contributed by atoms with van der Waals surface area (Å²) in [5.74, 6) is 0. The number of benzene rings is 1. The Labute approximate surface area is 115 Å². The molecule has 0 bridgehead atoms. The first-order valence-corrected chi connectivity index (χ1v) is 7.54. The van der Waals surface area contributed by atoms with E-state index in [1.807, 2.05) is 0 Å². The average molecular weight is 260 g/mol. The van der Waals surface area contributed by atoms with Crippen molar-refractivity contribution in [3.05, 3.63) is 35.4 Å². The van der Waals surface area contributed by atoms with Gasteiger partial charge in [-0.15, -0.1) is 0 Å². The Bertz CT molecular complexity index is 435. The molecule has 4 N–H and O–H groups in total. The molecule has 4 unspecified atom stereocenters. The van der Waals surface area contributed by atoms with E-state index >= 15 is 0 Å². The van der Waals surface area contributed by atoms with Crippen molar-refractivity contribution in [1.29, 1.82) is 0 Å². The molecule has 0 saturated heterocycles. The minimum Gasteiger partial charge on any atom is -0.392 e. The fourth-order valence-corrected chi connectivity index (χ4v) is 3.57. The summed E-state index contributed by atoms with van der Waals surface area (Å²) in [6.45, 7) is 0. The number of nitrogens with one attached hydrogen (secondary N) is 1. The van der Waals surface area contributed by atoms with Crippen LogP contribution in [0.4, 0.5) is 0 Å². The lowest BCUT2D eigenvalue weighted by molar-refractivity contribution is 0.113. The van der Waals surface area contributed by atoms with Crippen LogP contribution in [0.2, 0.25) is 0 Å². The molecule has 19 heavy (non-hydrogen) atoms. The largest absolute Gasteiger partial charge is 0.392 e. The van der Waals surface area contributed by atoms with E-state index in [9.17, 15) is 5.11 Å². The van der Waals surface area contributed by atoms with Gasteiger partial charge in [0, 0.05) is 18.1 Å². The zero-order valence-electron chi connectivity index (χ0n) is 11.4. The van der Waals surface area contributed by atoms with Crippen LogP contribution in [0.15, 0.2) is 24.3 Å². The predicted molar refractivity (Wildman–Crippen MR) is 76.7 cm³/mol. The minimum atomic E-state index is -0.202. The summed E-state index contributed by atoms with van der Waals surface area (Å²) in [7, 11) is 0. The molecule has 0 aromatic heterocycles. The molecule has 0 heterocycles. The molecular weight excluding hydrogens is 236 g/mol. The van der Waals surface area contributed by atoms with E-state index in [-0.39, 0.29) is 18.2 Å². The zero-order valence-corrected chi connectivity index (χ0v) is 11.4. The average Bonchev–Trinajstić information content (AvgIpc) is 2.59. The van der Waals surface area contributed by atoms with Gasteiger partial charge in [-0.25, -0.2) is 0 Å². The SMILES string of the molecule is NC1CC(NC2CCCCCC2O)c2ccccc21. The highest BCUT2D eigenvalue weighted by molar-refractivity contribution is 5.37. The van der Waals surface area contributed by atoms with Crippen molar-refractivity contribution in [3.8, 4) is 0 Å². The lowest BCUT2D eigenvalue weighted by Crippen LogP contribution is -2.40. The molecule has 104 valence electrons. The molecule has 0 radical (unpaired) electrons. The molecule has 1 aromatic rings. The van der Waals surface area contributed by atoms with Crippen LogP contribution in [0, 0.1) is 0 Å². The highest BCUT2D eigenvalue weighted by atomic mass is 16.3. The molecule has 0 aliphatic heterocycles. The Morgan fingerprint density at radius 1 is 1.05 bits per heavy atom. The van der Waals surface area contributed by atoms with Gasteiger partial charge in [0.15, 0.2) is 0 Å².